The molecule has 0 aliphatic heterocycles. The Morgan fingerprint density at radius 3 is 1.89 bits per heavy atom. The zero-order chi connectivity index (χ0) is 14.8. The van der Waals surface area contributed by atoms with Crippen LogP contribution in [0.4, 0.5) is 0 Å². The predicted molar refractivity (Wildman–Crippen MR) is 67.4 cm³/mol. The van der Waals surface area contributed by atoms with Gasteiger partial charge in [0.25, 0.3) is 5.78 Å². The first-order valence-corrected chi connectivity index (χ1v) is 7.01. The quantitative estimate of drug-likeness (QED) is 0.485. The number of carbonyl (C=O) groups is 2. The standard InChI is InChI=1S/C12H12O6S/c1-7(11(14)12(15)16)10(13)8-3-5-9(6-4-8)19(2,17)18/h3-6,13H,1-2H3,(H,15,16). The monoisotopic (exact) mass is 284 g/mol. The van der Waals surface area contributed by atoms with Gasteiger partial charge in [-0.15, -0.1) is 0 Å². The normalized spacial score (nSPS) is 12.7. The minimum atomic E-state index is -3.35. The molecule has 0 atom stereocenters. The van der Waals surface area contributed by atoms with Crippen molar-refractivity contribution >= 4 is 27.3 Å². The van der Waals surface area contributed by atoms with Gasteiger partial charge in [-0.25, -0.2) is 13.2 Å². The second kappa shape index (κ2) is 5.23. The lowest BCUT2D eigenvalue weighted by Gasteiger charge is -2.05. The first kappa shape index (κ1) is 14.9. The molecule has 1 aromatic carbocycles. The van der Waals surface area contributed by atoms with Crippen LogP contribution in [0, 0.1) is 0 Å². The van der Waals surface area contributed by atoms with E-state index in [1.807, 2.05) is 0 Å². The topological polar surface area (TPSA) is 109 Å². The van der Waals surface area contributed by atoms with Gasteiger partial charge in [-0.05, 0) is 31.2 Å². The van der Waals surface area contributed by atoms with Crippen LogP contribution in [0.2, 0.25) is 0 Å². The van der Waals surface area contributed by atoms with Crippen LogP contribution in [0.3, 0.4) is 0 Å². The van der Waals surface area contributed by atoms with Crippen LogP contribution in [0.15, 0.2) is 34.7 Å². The Labute approximate surface area is 109 Å². The van der Waals surface area contributed by atoms with E-state index in [9.17, 15) is 23.1 Å². The number of hydrogen-bond donors (Lipinski definition) is 2. The molecule has 0 saturated heterocycles. The van der Waals surface area contributed by atoms with Gasteiger partial charge < -0.3 is 10.2 Å². The minimum Gasteiger partial charge on any atom is -0.507 e. The number of benzene rings is 1. The zero-order valence-corrected chi connectivity index (χ0v) is 11.1. The third kappa shape index (κ3) is 3.41. The van der Waals surface area contributed by atoms with E-state index in [1.165, 1.54) is 31.2 Å². The van der Waals surface area contributed by atoms with Crippen molar-refractivity contribution in [3.63, 3.8) is 0 Å². The molecule has 2 N–H and O–H groups in total. The second-order valence-corrected chi connectivity index (χ2v) is 5.92. The highest BCUT2D eigenvalue weighted by molar-refractivity contribution is 7.90. The van der Waals surface area contributed by atoms with Crippen molar-refractivity contribution in [3.05, 3.63) is 35.4 Å². The highest BCUT2D eigenvalue weighted by Gasteiger charge is 2.18. The molecule has 6 nitrogen and oxygen atoms in total. The lowest BCUT2D eigenvalue weighted by atomic mass is 10.1. The number of sulfone groups is 1. The maximum atomic E-state index is 11.2. The summed E-state index contributed by atoms with van der Waals surface area (Å²) in [6, 6.07) is 5.12. The molecule has 0 fully saturated rings. The van der Waals surface area contributed by atoms with Crippen molar-refractivity contribution in [2.45, 2.75) is 11.8 Å². The molecule has 19 heavy (non-hydrogen) atoms. The summed E-state index contributed by atoms with van der Waals surface area (Å²) in [5.74, 6) is -3.38. The van der Waals surface area contributed by atoms with E-state index in [4.69, 9.17) is 5.11 Å². The Morgan fingerprint density at radius 2 is 1.53 bits per heavy atom. The summed E-state index contributed by atoms with van der Waals surface area (Å²) in [4.78, 5) is 21.7. The maximum Gasteiger partial charge on any atom is 0.377 e. The van der Waals surface area contributed by atoms with Crippen molar-refractivity contribution in [2.24, 2.45) is 0 Å². The summed E-state index contributed by atoms with van der Waals surface area (Å²) in [6.07, 6.45) is 1.04. The molecule has 0 unspecified atom stereocenters. The van der Waals surface area contributed by atoms with Crippen LogP contribution in [0.5, 0.6) is 0 Å². The number of carboxylic acids is 1. The molecule has 0 bridgehead atoms. The molecule has 0 saturated carbocycles. The number of ketones is 1. The van der Waals surface area contributed by atoms with Gasteiger partial charge in [0.15, 0.2) is 9.84 Å². The summed E-state index contributed by atoms with van der Waals surface area (Å²) < 4.78 is 22.5. The first-order valence-electron chi connectivity index (χ1n) is 5.12. The van der Waals surface area contributed by atoms with Crippen LogP contribution < -0.4 is 0 Å². The number of hydrogen-bond acceptors (Lipinski definition) is 5. The summed E-state index contributed by atoms with van der Waals surface area (Å²) in [7, 11) is -3.35. The van der Waals surface area contributed by atoms with Gasteiger partial charge in [0.05, 0.1) is 4.90 Å². The molecule has 0 amide bonds. The number of carbonyl (C=O) groups excluding carboxylic acids is 1. The molecule has 0 radical (unpaired) electrons. The largest absolute Gasteiger partial charge is 0.507 e. The maximum absolute atomic E-state index is 11.2. The van der Waals surface area contributed by atoms with Crippen LogP contribution in [0.25, 0.3) is 5.76 Å². The van der Waals surface area contributed by atoms with Gasteiger partial charge in [0.1, 0.15) is 5.76 Å². The third-order valence-electron chi connectivity index (χ3n) is 2.45. The van der Waals surface area contributed by atoms with Crippen LogP contribution >= 0.6 is 0 Å². The fourth-order valence-corrected chi connectivity index (χ4v) is 1.97. The van der Waals surface area contributed by atoms with Gasteiger partial charge in [0, 0.05) is 17.4 Å². The van der Waals surface area contributed by atoms with Crippen LogP contribution in [0.1, 0.15) is 12.5 Å². The van der Waals surface area contributed by atoms with Crippen molar-refractivity contribution < 1.29 is 28.2 Å². The Balaban J connectivity index is 3.22. The number of carboxylic acid groups (broad SMARTS) is 1. The number of aliphatic carboxylic acids is 1. The van der Waals surface area contributed by atoms with E-state index in [1.54, 1.807) is 0 Å². The molecular formula is C12H12O6S. The minimum absolute atomic E-state index is 0.0614. The van der Waals surface area contributed by atoms with Gasteiger partial charge in [-0.2, -0.15) is 0 Å². The van der Waals surface area contributed by atoms with Gasteiger partial charge >= 0.3 is 5.97 Å². The average Bonchev–Trinajstić information content (AvgIpc) is 2.35. The lowest BCUT2D eigenvalue weighted by molar-refractivity contribution is -0.147. The SMILES string of the molecule is CC(C(=O)C(=O)O)=C(O)c1ccc(S(C)(=O)=O)cc1. The smallest absolute Gasteiger partial charge is 0.377 e. The van der Waals surface area contributed by atoms with E-state index in [0.717, 1.165) is 6.26 Å². The van der Waals surface area contributed by atoms with E-state index in [-0.39, 0.29) is 16.0 Å². The number of aliphatic hydroxyl groups excluding tert-OH is 1. The van der Waals surface area contributed by atoms with Gasteiger partial charge in [-0.3, -0.25) is 4.79 Å². The Bertz CT molecular complexity index is 652. The Morgan fingerprint density at radius 1 is 1.05 bits per heavy atom. The molecule has 0 aromatic heterocycles. The third-order valence-corrected chi connectivity index (χ3v) is 3.57. The van der Waals surface area contributed by atoms with Crippen LogP contribution in [-0.4, -0.2) is 36.6 Å². The van der Waals surface area contributed by atoms with E-state index >= 15 is 0 Å². The van der Waals surface area contributed by atoms with Crippen molar-refractivity contribution in [3.8, 4) is 0 Å². The van der Waals surface area contributed by atoms with E-state index in [0.29, 0.717) is 0 Å². The molecule has 1 rings (SSSR count). The molecule has 0 spiro atoms. The van der Waals surface area contributed by atoms with Crippen molar-refractivity contribution in [2.75, 3.05) is 6.26 Å². The zero-order valence-electron chi connectivity index (χ0n) is 10.2. The summed E-state index contributed by atoms with van der Waals surface area (Å²) in [5, 5.41) is 18.3. The fraction of sp³-hybridized carbons (Fsp3) is 0.167. The second-order valence-electron chi connectivity index (χ2n) is 3.90. The summed E-state index contributed by atoms with van der Waals surface area (Å²) in [6.45, 7) is 1.18. The van der Waals surface area contributed by atoms with Crippen molar-refractivity contribution in [1.29, 1.82) is 0 Å². The molecular weight excluding hydrogens is 272 g/mol. The summed E-state index contributed by atoms with van der Waals surface area (Å²) in [5.41, 5.74) is -0.154. The van der Waals surface area contributed by atoms with Gasteiger partial charge in [0.2, 0.25) is 0 Å². The molecule has 0 heterocycles. The highest BCUT2D eigenvalue weighted by atomic mass is 32.2. The average molecular weight is 284 g/mol. The molecule has 102 valence electrons. The van der Waals surface area contributed by atoms with Gasteiger partial charge in [-0.1, -0.05) is 0 Å². The van der Waals surface area contributed by atoms with E-state index in [2.05, 4.69) is 0 Å². The Hall–Kier alpha value is -2.15. The first-order chi connectivity index (χ1) is 8.64. The Kier molecular flexibility index (Phi) is 4.10. The van der Waals surface area contributed by atoms with E-state index < -0.39 is 27.3 Å². The summed E-state index contributed by atoms with van der Waals surface area (Å²) >= 11 is 0. The predicted octanol–water partition coefficient (Wildman–Crippen LogP) is 1.03. The number of Topliss-reactive ketones (excluding diaryl/α,β-unsaturated/α-hetero) is 1. The molecule has 0 aliphatic carbocycles. The number of rotatable bonds is 4. The lowest BCUT2D eigenvalue weighted by Crippen LogP contribution is -2.14. The molecule has 1 aromatic rings. The van der Waals surface area contributed by atoms with Crippen LogP contribution in [-0.2, 0) is 19.4 Å². The fourth-order valence-electron chi connectivity index (χ4n) is 1.34. The van der Waals surface area contributed by atoms with Crippen molar-refractivity contribution in [1.82, 2.24) is 0 Å². The molecule has 0 aliphatic rings. The molecule has 7 heteroatoms. The number of aliphatic hydroxyl groups is 1. The highest BCUT2D eigenvalue weighted by Crippen LogP contribution is 2.19.